The molecule has 2 aromatic rings. The zero-order valence-electron chi connectivity index (χ0n) is 15.0. The molecule has 0 aliphatic carbocycles. The van der Waals surface area contributed by atoms with Crippen LogP contribution in [0.5, 0.6) is 0 Å². The highest BCUT2D eigenvalue weighted by atomic mass is 35.5. The molecule has 1 aromatic carbocycles. The average molecular weight is 468 g/mol. The molecule has 0 aliphatic rings. The molecule has 0 saturated carbocycles. The van der Waals surface area contributed by atoms with Crippen molar-refractivity contribution in [3.63, 3.8) is 0 Å². The van der Waals surface area contributed by atoms with Crippen molar-refractivity contribution < 1.29 is 26.4 Å². The summed E-state index contributed by atoms with van der Waals surface area (Å²) in [6.45, 7) is 0. The van der Waals surface area contributed by atoms with Gasteiger partial charge in [-0.25, -0.2) is 13.4 Å². The number of nitrogens with one attached hydrogen (secondary N) is 2. The Labute approximate surface area is 175 Å². The van der Waals surface area contributed by atoms with Crippen LogP contribution in [-0.2, 0) is 21.0 Å². The lowest BCUT2D eigenvalue weighted by Crippen LogP contribution is -2.44. The Morgan fingerprint density at radius 3 is 2.59 bits per heavy atom. The summed E-state index contributed by atoms with van der Waals surface area (Å²) in [6, 6.07) is 5.52. The van der Waals surface area contributed by atoms with Gasteiger partial charge in [0.15, 0.2) is 0 Å². The fraction of sp³-hybridized carbons (Fsp3) is 0.294. The molecule has 0 fully saturated rings. The first-order valence-corrected chi connectivity index (χ1v) is 11.4. The maximum absolute atomic E-state index is 13.0. The number of nitrogens with zero attached hydrogens (tertiary/aromatic N) is 1. The molecule has 2 rings (SSSR count). The highest BCUT2D eigenvalue weighted by Crippen LogP contribution is 2.33. The molecule has 158 valence electrons. The van der Waals surface area contributed by atoms with Gasteiger partial charge in [0.25, 0.3) is 0 Å². The van der Waals surface area contributed by atoms with Crippen LogP contribution in [0.3, 0.4) is 0 Å². The van der Waals surface area contributed by atoms with Gasteiger partial charge in [-0.2, -0.15) is 29.7 Å². The monoisotopic (exact) mass is 467 g/mol. The lowest BCUT2D eigenvalue weighted by molar-refractivity contribution is -0.137. The fourth-order valence-corrected chi connectivity index (χ4v) is 4.49. The second-order valence-electron chi connectivity index (χ2n) is 5.80. The first kappa shape index (κ1) is 23.5. The minimum Gasteiger partial charge on any atom is -0.309 e. The Balaban J connectivity index is 2.30. The van der Waals surface area contributed by atoms with E-state index in [2.05, 4.69) is 15.0 Å². The molecule has 2 N–H and O–H groups in total. The lowest BCUT2D eigenvalue weighted by Gasteiger charge is -2.19. The highest BCUT2D eigenvalue weighted by Gasteiger charge is 2.34. The molecule has 1 atom stereocenters. The number of carbonyl (C=O) groups excluding carboxylic acids is 1. The number of pyridine rings is 1. The zero-order chi connectivity index (χ0) is 21.7. The summed E-state index contributed by atoms with van der Waals surface area (Å²) in [5, 5.41) is 2.09. The van der Waals surface area contributed by atoms with Gasteiger partial charge in [-0.1, -0.05) is 17.7 Å². The minimum atomic E-state index is -4.75. The summed E-state index contributed by atoms with van der Waals surface area (Å²) in [7, 11) is -4.51. The molecule has 0 bridgehead atoms. The third-order valence-corrected chi connectivity index (χ3v) is 6.29. The van der Waals surface area contributed by atoms with Crippen LogP contribution in [0.1, 0.15) is 12.0 Å². The Hall–Kier alpha value is -1.82. The van der Waals surface area contributed by atoms with Gasteiger partial charge in [0, 0.05) is 6.20 Å². The SMILES string of the molecule is CSCCC(NS(=O)(=O)c1cc(C(F)(F)F)ccc1Cl)C(=O)Nc1ccccn1. The van der Waals surface area contributed by atoms with Crippen LogP contribution in [0.25, 0.3) is 0 Å². The molecule has 0 spiro atoms. The maximum atomic E-state index is 13.0. The van der Waals surface area contributed by atoms with Gasteiger partial charge in [-0.05, 0) is 48.8 Å². The number of hydrogen-bond acceptors (Lipinski definition) is 5. The first-order valence-electron chi connectivity index (χ1n) is 8.14. The minimum absolute atomic E-state index is 0.107. The molecule has 0 aliphatic heterocycles. The number of hydrogen-bond donors (Lipinski definition) is 2. The van der Waals surface area contributed by atoms with Gasteiger partial charge in [0.05, 0.1) is 10.6 Å². The number of sulfonamides is 1. The van der Waals surface area contributed by atoms with E-state index < -0.39 is 38.6 Å². The number of anilines is 1. The van der Waals surface area contributed by atoms with Gasteiger partial charge in [-0.3, -0.25) is 4.79 Å². The van der Waals surface area contributed by atoms with Crippen molar-refractivity contribution in [1.29, 1.82) is 0 Å². The largest absolute Gasteiger partial charge is 0.416 e. The van der Waals surface area contributed by atoms with Crippen molar-refractivity contribution in [2.45, 2.75) is 23.5 Å². The van der Waals surface area contributed by atoms with Gasteiger partial charge < -0.3 is 5.32 Å². The molecule has 1 aromatic heterocycles. The second-order valence-corrected chi connectivity index (χ2v) is 8.88. The van der Waals surface area contributed by atoms with Gasteiger partial charge in [0.1, 0.15) is 16.8 Å². The first-order chi connectivity index (χ1) is 13.5. The van der Waals surface area contributed by atoms with E-state index in [1.54, 1.807) is 18.4 Å². The van der Waals surface area contributed by atoms with Crippen molar-refractivity contribution in [1.82, 2.24) is 9.71 Å². The van der Waals surface area contributed by atoms with Gasteiger partial charge in [-0.15, -0.1) is 0 Å². The number of thioether (sulfide) groups is 1. The Kier molecular flexibility index (Phi) is 7.92. The van der Waals surface area contributed by atoms with Crippen molar-refractivity contribution in [2.24, 2.45) is 0 Å². The molecule has 1 unspecified atom stereocenters. The van der Waals surface area contributed by atoms with Gasteiger partial charge >= 0.3 is 6.18 Å². The number of amides is 1. The molecule has 6 nitrogen and oxygen atoms in total. The summed E-state index contributed by atoms with van der Waals surface area (Å²) in [5.41, 5.74) is -1.17. The molecule has 29 heavy (non-hydrogen) atoms. The van der Waals surface area contributed by atoms with E-state index >= 15 is 0 Å². The van der Waals surface area contributed by atoms with Crippen molar-refractivity contribution in [3.05, 3.63) is 53.2 Å². The predicted octanol–water partition coefficient (Wildman–Crippen LogP) is 3.79. The van der Waals surface area contributed by atoms with E-state index in [0.29, 0.717) is 17.9 Å². The zero-order valence-corrected chi connectivity index (χ0v) is 17.4. The van der Waals surface area contributed by atoms with Crippen LogP contribution >= 0.6 is 23.4 Å². The third kappa shape index (κ3) is 6.59. The number of rotatable bonds is 8. The third-order valence-electron chi connectivity index (χ3n) is 3.69. The number of halogens is 4. The number of benzene rings is 1. The van der Waals surface area contributed by atoms with Crippen LogP contribution in [0.2, 0.25) is 5.02 Å². The normalized spacial score (nSPS) is 13.1. The summed E-state index contributed by atoms with van der Waals surface area (Å²) in [6.07, 6.45) is -1.43. The molecule has 1 amide bonds. The van der Waals surface area contributed by atoms with Gasteiger partial charge in [0.2, 0.25) is 15.9 Å². The lowest BCUT2D eigenvalue weighted by atomic mass is 10.2. The number of carbonyl (C=O) groups is 1. The quantitative estimate of drug-likeness (QED) is 0.616. The Bertz CT molecular complexity index is 957. The fourth-order valence-electron chi connectivity index (χ4n) is 2.27. The molecular weight excluding hydrogens is 451 g/mol. The summed E-state index contributed by atoms with van der Waals surface area (Å²) in [4.78, 5) is 15.7. The molecular formula is C17H17ClF3N3O3S2. The topological polar surface area (TPSA) is 88.2 Å². The summed E-state index contributed by atoms with van der Waals surface area (Å²) >= 11 is 7.21. The summed E-state index contributed by atoms with van der Waals surface area (Å²) < 4.78 is 66.4. The van der Waals surface area contributed by atoms with E-state index in [-0.39, 0.29) is 17.3 Å². The maximum Gasteiger partial charge on any atom is 0.416 e. The Morgan fingerprint density at radius 2 is 2.00 bits per heavy atom. The Morgan fingerprint density at radius 1 is 1.28 bits per heavy atom. The van der Waals surface area contributed by atoms with Crippen LogP contribution in [0.4, 0.5) is 19.0 Å². The van der Waals surface area contributed by atoms with E-state index in [1.165, 1.54) is 24.0 Å². The van der Waals surface area contributed by atoms with Crippen LogP contribution in [0, 0.1) is 0 Å². The van der Waals surface area contributed by atoms with Crippen LogP contribution < -0.4 is 10.0 Å². The van der Waals surface area contributed by atoms with Crippen LogP contribution in [0.15, 0.2) is 47.5 Å². The molecule has 1 heterocycles. The number of aromatic nitrogens is 1. The van der Waals surface area contributed by atoms with Crippen LogP contribution in [-0.4, -0.2) is 37.4 Å². The highest BCUT2D eigenvalue weighted by molar-refractivity contribution is 7.98. The van der Waals surface area contributed by atoms with E-state index in [9.17, 15) is 26.4 Å². The molecule has 0 radical (unpaired) electrons. The second kappa shape index (κ2) is 9.79. The molecule has 0 saturated heterocycles. The van der Waals surface area contributed by atoms with Crippen molar-refractivity contribution in [3.8, 4) is 0 Å². The summed E-state index contributed by atoms with van der Waals surface area (Å²) in [5.74, 6) is -0.0496. The molecule has 12 heteroatoms. The standard InChI is InChI=1S/C17H17ClF3N3O3S2/c1-28-9-7-13(16(25)23-15-4-2-3-8-22-15)24-29(26,27)14-10-11(17(19,20)21)5-6-12(14)18/h2-6,8,10,13,24H,7,9H2,1H3,(H,22,23,25). The smallest absolute Gasteiger partial charge is 0.309 e. The number of alkyl halides is 3. The van der Waals surface area contributed by atoms with Crippen molar-refractivity contribution >= 4 is 45.1 Å². The van der Waals surface area contributed by atoms with E-state index in [4.69, 9.17) is 11.6 Å². The average Bonchev–Trinajstić information content (AvgIpc) is 2.65. The van der Waals surface area contributed by atoms with E-state index in [1.807, 2.05) is 0 Å². The van der Waals surface area contributed by atoms with E-state index in [0.717, 1.165) is 6.07 Å². The van der Waals surface area contributed by atoms with Crippen molar-refractivity contribution in [2.75, 3.05) is 17.3 Å². The predicted molar refractivity (Wildman–Crippen MR) is 106 cm³/mol.